The number of ether oxygens (including phenoxy) is 1. The van der Waals surface area contributed by atoms with Gasteiger partial charge in [-0.2, -0.15) is 5.10 Å². The fourth-order valence-corrected chi connectivity index (χ4v) is 1.73. The number of aromatic carboxylic acids is 1. The van der Waals surface area contributed by atoms with Crippen LogP contribution in [0.5, 0.6) is 11.5 Å². The summed E-state index contributed by atoms with van der Waals surface area (Å²) in [6.45, 7) is 0. The number of methoxy groups -OCH3 is 1. The van der Waals surface area contributed by atoms with Crippen molar-refractivity contribution in [3.05, 3.63) is 53.6 Å². The number of anilines is 1. The number of nitrogens with zero attached hydrogens (tertiary/aromatic N) is 1. The van der Waals surface area contributed by atoms with Crippen molar-refractivity contribution in [3.63, 3.8) is 0 Å². The van der Waals surface area contributed by atoms with Crippen LogP contribution in [-0.4, -0.2) is 24.4 Å². The third-order valence-corrected chi connectivity index (χ3v) is 2.78. The van der Waals surface area contributed by atoms with Gasteiger partial charge in [0.15, 0.2) is 0 Å². The van der Waals surface area contributed by atoms with Crippen molar-refractivity contribution < 1.29 is 19.7 Å². The average molecular weight is 285 g/mol. The maximum Gasteiger partial charge on any atom is 0.337 e. The van der Waals surface area contributed by atoms with Gasteiger partial charge >= 0.3 is 5.97 Å². The molecule has 0 saturated carbocycles. The van der Waals surface area contributed by atoms with E-state index in [1.807, 2.05) is 0 Å². The van der Waals surface area contributed by atoms with Gasteiger partial charge in [-0.15, -0.1) is 0 Å². The van der Waals surface area contributed by atoms with Crippen molar-refractivity contribution in [1.29, 1.82) is 0 Å². The summed E-state index contributed by atoms with van der Waals surface area (Å²) in [6.07, 6.45) is 1.32. The van der Waals surface area contributed by atoms with Crippen LogP contribution in [0, 0.1) is 0 Å². The highest BCUT2D eigenvalue weighted by Crippen LogP contribution is 2.25. The van der Waals surface area contributed by atoms with E-state index in [1.165, 1.54) is 19.4 Å². The minimum absolute atomic E-state index is 0.0997. The lowest BCUT2D eigenvalue weighted by Crippen LogP contribution is -2.03. The minimum Gasteiger partial charge on any atom is -0.870 e. The van der Waals surface area contributed by atoms with Crippen molar-refractivity contribution in [2.75, 3.05) is 12.5 Å². The SMILES string of the molecule is COc1cccc(/C=N/Nc2ccccc2C(=O)O)c1[O-]. The topological polar surface area (TPSA) is 94.0 Å². The highest BCUT2D eigenvalue weighted by atomic mass is 16.5. The van der Waals surface area contributed by atoms with E-state index >= 15 is 0 Å². The highest BCUT2D eigenvalue weighted by Gasteiger charge is 2.07. The van der Waals surface area contributed by atoms with Crippen molar-refractivity contribution in [1.82, 2.24) is 0 Å². The standard InChI is InChI=1S/C15H14N2O4/c1-21-13-8-4-5-10(14(13)18)9-16-17-12-7-3-2-6-11(12)15(19)20/h2-9,17-18H,1H3,(H,19,20)/p-1/b16-9+. The number of carboxylic acid groups (broad SMARTS) is 1. The zero-order valence-electron chi connectivity index (χ0n) is 11.2. The molecule has 0 unspecified atom stereocenters. The summed E-state index contributed by atoms with van der Waals surface area (Å²) in [5, 5.41) is 24.8. The molecule has 108 valence electrons. The summed E-state index contributed by atoms with van der Waals surface area (Å²) in [7, 11) is 1.42. The van der Waals surface area contributed by atoms with Crippen LogP contribution in [0.15, 0.2) is 47.6 Å². The Morgan fingerprint density at radius 1 is 1.29 bits per heavy atom. The molecule has 6 nitrogen and oxygen atoms in total. The molecule has 0 aliphatic carbocycles. The highest BCUT2D eigenvalue weighted by molar-refractivity contribution is 5.94. The molecule has 6 heteroatoms. The van der Waals surface area contributed by atoms with Gasteiger partial charge in [0.1, 0.15) is 5.75 Å². The lowest BCUT2D eigenvalue weighted by molar-refractivity contribution is -0.270. The summed E-state index contributed by atoms with van der Waals surface area (Å²) < 4.78 is 4.93. The molecule has 0 saturated heterocycles. The number of hydrogen-bond donors (Lipinski definition) is 2. The van der Waals surface area contributed by atoms with E-state index in [0.717, 1.165) is 0 Å². The second kappa shape index (κ2) is 6.42. The molecule has 0 heterocycles. The molecule has 0 radical (unpaired) electrons. The molecule has 0 fully saturated rings. The van der Waals surface area contributed by atoms with E-state index in [-0.39, 0.29) is 17.1 Å². The van der Waals surface area contributed by atoms with Crippen LogP contribution in [-0.2, 0) is 0 Å². The quantitative estimate of drug-likeness (QED) is 0.646. The number of rotatable bonds is 5. The second-order valence-corrected chi connectivity index (χ2v) is 4.10. The first-order valence-electron chi connectivity index (χ1n) is 6.09. The molecule has 2 rings (SSSR count). The lowest BCUT2D eigenvalue weighted by atomic mass is 10.2. The van der Waals surface area contributed by atoms with Gasteiger partial charge in [0.2, 0.25) is 0 Å². The molecule has 0 bridgehead atoms. The number of hydrazone groups is 1. The molecular weight excluding hydrogens is 272 g/mol. The number of benzene rings is 2. The van der Waals surface area contributed by atoms with Crippen LogP contribution < -0.4 is 15.3 Å². The van der Waals surface area contributed by atoms with Crippen molar-refractivity contribution >= 4 is 17.9 Å². The molecule has 21 heavy (non-hydrogen) atoms. The average Bonchev–Trinajstić information content (AvgIpc) is 2.49. The van der Waals surface area contributed by atoms with E-state index in [4.69, 9.17) is 9.84 Å². The molecule has 0 aliphatic heterocycles. The molecule has 0 aliphatic rings. The van der Waals surface area contributed by atoms with E-state index in [9.17, 15) is 9.90 Å². The maximum atomic E-state index is 11.9. The fraction of sp³-hybridized carbons (Fsp3) is 0.0667. The summed E-state index contributed by atoms with van der Waals surface area (Å²) >= 11 is 0. The Hall–Kier alpha value is -3.02. The summed E-state index contributed by atoms with van der Waals surface area (Å²) in [4.78, 5) is 11.0. The Kier molecular flexibility index (Phi) is 4.40. The van der Waals surface area contributed by atoms with E-state index in [0.29, 0.717) is 11.3 Å². The van der Waals surface area contributed by atoms with Crippen LogP contribution in [0.3, 0.4) is 0 Å². The minimum atomic E-state index is -1.06. The van der Waals surface area contributed by atoms with E-state index < -0.39 is 5.97 Å². The van der Waals surface area contributed by atoms with Crippen molar-refractivity contribution in [2.24, 2.45) is 5.10 Å². The summed E-state index contributed by atoms with van der Waals surface area (Å²) in [5.74, 6) is -1.11. The van der Waals surface area contributed by atoms with Gasteiger partial charge < -0.3 is 14.9 Å². The Bertz CT molecular complexity index is 683. The molecular formula is C15H13N2O4-. The second-order valence-electron chi connectivity index (χ2n) is 4.10. The Morgan fingerprint density at radius 2 is 2.05 bits per heavy atom. The van der Waals surface area contributed by atoms with Crippen LogP contribution >= 0.6 is 0 Å². The maximum absolute atomic E-state index is 11.9. The first-order chi connectivity index (χ1) is 10.1. The number of hydrogen-bond acceptors (Lipinski definition) is 5. The molecule has 0 spiro atoms. The largest absolute Gasteiger partial charge is 0.870 e. The van der Waals surface area contributed by atoms with Crippen LogP contribution in [0.25, 0.3) is 0 Å². The predicted molar refractivity (Wildman–Crippen MR) is 77.1 cm³/mol. The molecule has 2 N–H and O–H groups in total. The first kappa shape index (κ1) is 14.4. The zero-order valence-corrected chi connectivity index (χ0v) is 11.2. The van der Waals surface area contributed by atoms with E-state index in [1.54, 1.807) is 36.4 Å². The van der Waals surface area contributed by atoms with Gasteiger partial charge in [-0.25, -0.2) is 4.79 Å². The number of carbonyl (C=O) groups is 1. The van der Waals surface area contributed by atoms with E-state index in [2.05, 4.69) is 10.5 Å². The Balaban J connectivity index is 2.19. The van der Waals surface area contributed by atoms with Gasteiger partial charge in [-0.3, -0.25) is 5.43 Å². The third kappa shape index (κ3) is 3.30. The van der Waals surface area contributed by atoms with Crippen LogP contribution in [0.1, 0.15) is 15.9 Å². The number of nitrogens with one attached hydrogen (secondary N) is 1. The molecule has 0 amide bonds. The molecule has 0 aromatic heterocycles. The molecule has 2 aromatic carbocycles. The van der Waals surface area contributed by atoms with Gasteiger partial charge in [0, 0.05) is 0 Å². The number of para-hydroxylation sites is 2. The van der Waals surface area contributed by atoms with Crippen LogP contribution in [0.2, 0.25) is 0 Å². The smallest absolute Gasteiger partial charge is 0.337 e. The van der Waals surface area contributed by atoms with Gasteiger partial charge in [0.05, 0.1) is 24.6 Å². The zero-order chi connectivity index (χ0) is 15.2. The monoisotopic (exact) mass is 285 g/mol. The number of carboxylic acids is 1. The summed E-state index contributed by atoms with van der Waals surface area (Å²) in [5.41, 5.74) is 3.40. The van der Waals surface area contributed by atoms with Crippen molar-refractivity contribution in [2.45, 2.75) is 0 Å². The molecule has 0 atom stereocenters. The predicted octanol–water partition coefficient (Wildman–Crippen LogP) is 1.91. The Morgan fingerprint density at radius 3 is 2.76 bits per heavy atom. The normalized spacial score (nSPS) is 10.5. The fourth-order valence-electron chi connectivity index (χ4n) is 1.73. The van der Waals surface area contributed by atoms with Gasteiger partial charge in [-0.05, 0) is 23.8 Å². The van der Waals surface area contributed by atoms with Gasteiger partial charge in [-0.1, -0.05) is 30.0 Å². The summed E-state index contributed by atoms with van der Waals surface area (Å²) in [6, 6.07) is 11.2. The third-order valence-electron chi connectivity index (χ3n) is 2.78. The first-order valence-corrected chi connectivity index (χ1v) is 6.09. The van der Waals surface area contributed by atoms with Crippen LogP contribution in [0.4, 0.5) is 5.69 Å². The Labute approximate surface area is 121 Å². The lowest BCUT2D eigenvalue weighted by Gasteiger charge is -2.14. The van der Waals surface area contributed by atoms with Gasteiger partial charge in [0.25, 0.3) is 0 Å². The van der Waals surface area contributed by atoms with Crippen molar-refractivity contribution in [3.8, 4) is 11.5 Å². The molecule has 2 aromatic rings.